The number of hydrogen-bond donors (Lipinski definition) is 1. The number of hydrogen-bond acceptors (Lipinski definition) is 6. The highest BCUT2D eigenvalue weighted by atomic mass is 35.5. The number of rotatable bonds is 5. The third-order valence-electron chi connectivity index (χ3n) is 5.62. The van der Waals surface area contributed by atoms with Crippen LogP contribution < -0.4 is 5.32 Å². The van der Waals surface area contributed by atoms with E-state index in [2.05, 4.69) is 15.4 Å². The molecule has 3 heterocycles. The Balaban J connectivity index is 1.50. The van der Waals surface area contributed by atoms with Crippen molar-refractivity contribution in [3.05, 3.63) is 76.5 Å². The van der Waals surface area contributed by atoms with E-state index in [0.29, 0.717) is 17.5 Å². The van der Waals surface area contributed by atoms with Crippen molar-refractivity contribution in [2.75, 3.05) is 11.9 Å². The number of pyridine rings is 1. The van der Waals surface area contributed by atoms with Crippen LogP contribution in [0.4, 0.5) is 10.2 Å². The van der Waals surface area contributed by atoms with Crippen LogP contribution in [0.3, 0.4) is 0 Å². The Hall–Kier alpha value is -3.77. The summed E-state index contributed by atoms with van der Waals surface area (Å²) in [6, 6.07) is 10.9. The molecule has 0 bridgehead atoms. The number of benzene rings is 1. The van der Waals surface area contributed by atoms with Gasteiger partial charge >= 0.3 is 0 Å². The molecule has 154 valence electrons. The number of halogens is 2. The van der Waals surface area contributed by atoms with Gasteiger partial charge in [0, 0.05) is 12.4 Å². The Bertz CT molecular complexity index is 1240. The topological polar surface area (TPSA) is 104 Å². The van der Waals surface area contributed by atoms with Gasteiger partial charge in [0.05, 0.1) is 34.8 Å². The van der Waals surface area contributed by atoms with Crippen molar-refractivity contribution in [1.29, 1.82) is 5.26 Å². The first-order chi connectivity index (χ1) is 14.9. The summed E-state index contributed by atoms with van der Waals surface area (Å²) in [5.74, 6) is -1.72. The smallest absolute Gasteiger partial charge is 0.261 e. The molecule has 31 heavy (non-hydrogen) atoms. The van der Waals surface area contributed by atoms with E-state index in [-0.39, 0.29) is 29.1 Å². The van der Waals surface area contributed by atoms with E-state index in [1.807, 2.05) is 0 Å². The van der Waals surface area contributed by atoms with Crippen LogP contribution in [0.1, 0.15) is 38.7 Å². The Morgan fingerprint density at radius 1 is 1.26 bits per heavy atom. The maximum Gasteiger partial charge on any atom is 0.261 e. The highest BCUT2D eigenvalue weighted by Gasteiger charge is 2.59. The fraction of sp³-hybridized carbons (Fsp3) is 0.190. The van der Waals surface area contributed by atoms with Crippen molar-refractivity contribution < 1.29 is 14.0 Å². The third kappa shape index (κ3) is 3.04. The molecule has 2 amide bonds. The van der Waals surface area contributed by atoms with E-state index >= 15 is 0 Å². The molecule has 8 nitrogen and oxygen atoms in total. The maximum atomic E-state index is 14.6. The minimum atomic E-state index is -0.898. The van der Waals surface area contributed by atoms with Crippen molar-refractivity contribution in [3.63, 3.8) is 0 Å². The van der Waals surface area contributed by atoms with Gasteiger partial charge in [-0.2, -0.15) is 10.4 Å². The quantitative estimate of drug-likeness (QED) is 0.487. The lowest BCUT2D eigenvalue weighted by Gasteiger charge is -2.25. The molecule has 0 radical (unpaired) electrons. The summed E-state index contributed by atoms with van der Waals surface area (Å²) in [5.41, 5.74) is -0.307. The number of anilines is 1. The third-order valence-corrected chi connectivity index (χ3v) is 5.90. The first-order valence-electron chi connectivity index (χ1n) is 9.42. The van der Waals surface area contributed by atoms with E-state index in [1.54, 1.807) is 53.5 Å². The number of nitrogens with one attached hydrogen (secondary N) is 1. The summed E-state index contributed by atoms with van der Waals surface area (Å²) in [7, 11) is 0. The van der Waals surface area contributed by atoms with Crippen molar-refractivity contribution in [2.45, 2.75) is 18.0 Å². The second kappa shape index (κ2) is 6.89. The van der Waals surface area contributed by atoms with Crippen molar-refractivity contribution in [1.82, 2.24) is 19.7 Å². The van der Waals surface area contributed by atoms with Gasteiger partial charge in [0.25, 0.3) is 11.8 Å². The molecule has 1 saturated carbocycles. The summed E-state index contributed by atoms with van der Waals surface area (Å²) in [6.07, 6.45) is 3.84. The normalized spacial score (nSPS) is 21.7. The standard InChI is InChI=1S/C21H14ClFN6O2/c22-17-12(10-24)8-15(23)18(26-17)27-21(9-16(21)29-7-3-6-25-29)11-28-19(30)13-4-1-2-5-14(13)20(28)31/h1-8,16H,9,11H2,(H,26,27)/t16-,21+/m0/s1. The van der Waals surface area contributed by atoms with Gasteiger partial charge in [0.15, 0.2) is 11.6 Å². The lowest BCUT2D eigenvalue weighted by molar-refractivity contribution is 0.0640. The predicted octanol–water partition coefficient (Wildman–Crippen LogP) is 3.03. The summed E-state index contributed by atoms with van der Waals surface area (Å²) < 4.78 is 16.3. The molecule has 0 saturated heterocycles. The highest BCUT2D eigenvalue weighted by molar-refractivity contribution is 6.30. The zero-order valence-electron chi connectivity index (χ0n) is 15.9. The van der Waals surface area contributed by atoms with Crippen LogP contribution in [0.5, 0.6) is 0 Å². The largest absolute Gasteiger partial charge is 0.358 e. The SMILES string of the molecule is N#Cc1cc(F)c(N[C@@]2(CN3C(=O)c4ccccc4C3=O)C[C@@H]2n2cccn2)nc1Cl. The number of carbonyl (C=O) groups excluding carboxylic acids is 2. The number of nitrogens with zero attached hydrogens (tertiary/aromatic N) is 5. The number of imide groups is 1. The van der Waals surface area contributed by atoms with Gasteiger partial charge in [-0.15, -0.1) is 0 Å². The molecule has 1 fully saturated rings. The van der Waals surface area contributed by atoms with Gasteiger partial charge in [-0.25, -0.2) is 9.37 Å². The highest BCUT2D eigenvalue weighted by Crippen LogP contribution is 2.51. The number of amides is 2. The van der Waals surface area contributed by atoms with Crippen molar-refractivity contribution in [2.24, 2.45) is 0 Å². The molecule has 1 aromatic carbocycles. The van der Waals surface area contributed by atoms with Gasteiger partial charge in [0.1, 0.15) is 11.2 Å². The Kier molecular flexibility index (Phi) is 4.27. The molecule has 0 spiro atoms. The van der Waals surface area contributed by atoms with Crippen LogP contribution in [0, 0.1) is 17.1 Å². The lowest BCUT2D eigenvalue weighted by Crippen LogP contribution is -2.43. The number of nitriles is 1. The van der Waals surface area contributed by atoms with Crippen LogP contribution in [-0.4, -0.2) is 43.6 Å². The minimum absolute atomic E-state index is 0.0113. The molecule has 1 aliphatic carbocycles. The average molecular weight is 437 g/mol. The van der Waals surface area contributed by atoms with Gasteiger partial charge in [0.2, 0.25) is 0 Å². The lowest BCUT2D eigenvalue weighted by atomic mass is 10.1. The monoisotopic (exact) mass is 436 g/mol. The molecule has 2 aromatic heterocycles. The summed E-state index contributed by atoms with van der Waals surface area (Å²) in [5, 5.41) is 16.2. The number of carbonyl (C=O) groups is 2. The van der Waals surface area contributed by atoms with Crippen molar-refractivity contribution in [3.8, 4) is 6.07 Å². The van der Waals surface area contributed by atoms with Crippen LogP contribution in [0.15, 0.2) is 48.8 Å². The van der Waals surface area contributed by atoms with Gasteiger partial charge < -0.3 is 5.32 Å². The summed E-state index contributed by atoms with van der Waals surface area (Å²) in [4.78, 5) is 30.9. The van der Waals surface area contributed by atoms with Gasteiger partial charge in [-0.05, 0) is 30.7 Å². The van der Waals surface area contributed by atoms with Gasteiger partial charge in [-0.1, -0.05) is 23.7 Å². The molecule has 0 unspecified atom stereocenters. The molecule has 3 aromatic rings. The Morgan fingerprint density at radius 2 is 1.97 bits per heavy atom. The molecule has 1 N–H and O–H groups in total. The zero-order valence-corrected chi connectivity index (χ0v) is 16.7. The summed E-state index contributed by atoms with van der Waals surface area (Å²) >= 11 is 5.99. The minimum Gasteiger partial charge on any atom is -0.358 e. The van der Waals surface area contributed by atoms with E-state index in [4.69, 9.17) is 16.9 Å². The fourth-order valence-electron chi connectivity index (χ4n) is 3.97. The van der Waals surface area contributed by atoms with Gasteiger partial charge in [-0.3, -0.25) is 19.2 Å². The Morgan fingerprint density at radius 3 is 2.58 bits per heavy atom. The van der Waals surface area contributed by atoms with Crippen molar-refractivity contribution >= 4 is 29.2 Å². The van der Waals surface area contributed by atoms with E-state index < -0.39 is 23.2 Å². The molecular formula is C21H14ClFN6O2. The first-order valence-corrected chi connectivity index (χ1v) is 9.80. The Labute approximate surface area is 180 Å². The molecular weight excluding hydrogens is 423 g/mol. The van der Waals surface area contributed by atoms with E-state index in [1.165, 1.54) is 0 Å². The molecule has 10 heteroatoms. The first kappa shape index (κ1) is 19.2. The van der Waals surface area contributed by atoms with Crippen LogP contribution in [0.2, 0.25) is 5.15 Å². The number of aromatic nitrogens is 3. The second-order valence-electron chi connectivity index (χ2n) is 7.50. The molecule has 2 atom stereocenters. The van der Waals surface area contributed by atoms with Crippen LogP contribution in [0.25, 0.3) is 0 Å². The molecule has 1 aliphatic heterocycles. The van der Waals surface area contributed by atoms with Crippen LogP contribution in [-0.2, 0) is 0 Å². The molecule has 2 aliphatic rings. The van der Waals surface area contributed by atoms with Crippen LogP contribution >= 0.6 is 11.6 Å². The zero-order chi connectivity index (χ0) is 21.8. The summed E-state index contributed by atoms with van der Waals surface area (Å²) in [6.45, 7) is -0.0113. The predicted molar refractivity (Wildman–Crippen MR) is 108 cm³/mol. The maximum absolute atomic E-state index is 14.6. The molecule has 5 rings (SSSR count). The van der Waals surface area contributed by atoms with E-state index in [9.17, 15) is 14.0 Å². The number of fused-ring (bicyclic) bond motifs is 1. The second-order valence-corrected chi connectivity index (χ2v) is 7.86. The average Bonchev–Trinajstić information content (AvgIpc) is 3.09. The van der Waals surface area contributed by atoms with E-state index in [0.717, 1.165) is 11.0 Å². The fourth-order valence-corrected chi connectivity index (χ4v) is 4.16.